The minimum atomic E-state index is -1.17. The van der Waals surface area contributed by atoms with Crippen LogP contribution in [0.3, 0.4) is 0 Å². The predicted molar refractivity (Wildman–Crippen MR) is 57.9 cm³/mol. The van der Waals surface area contributed by atoms with Crippen LogP contribution in [0.5, 0.6) is 0 Å². The number of rotatable bonds is 3. The molecular weight excluding hydrogens is 226 g/mol. The number of ether oxygens (including phenoxy) is 2. The quantitative estimate of drug-likeness (QED) is 0.551. The summed E-state index contributed by atoms with van der Waals surface area (Å²) in [6.07, 6.45) is 0. The van der Waals surface area contributed by atoms with Crippen LogP contribution in [0.4, 0.5) is 0 Å². The van der Waals surface area contributed by atoms with E-state index in [4.69, 9.17) is 4.74 Å². The summed E-state index contributed by atoms with van der Waals surface area (Å²) in [7, 11) is 1.21. The number of carbonyl (C=O) groups is 3. The SMILES string of the molecule is CCOC(=O)[C@@]1(C)NC(=O)[C@H](C(=O)OC)[C@@H]1C. The van der Waals surface area contributed by atoms with Crippen LogP contribution in [0.1, 0.15) is 20.8 Å². The molecule has 6 heteroatoms. The molecule has 17 heavy (non-hydrogen) atoms. The average Bonchev–Trinajstić information content (AvgIpc) is 2.50. The summed E-state index contributed by atoms with van der Waals surface area (Å²) in [5, 5.41) is 2.52. The second kappa shape index (κ2) is 4.73. The first kappa shape index (κ1) is 13.5. The van der Waals surface area contributed by atoms with Gasteiger partial charge in [-0.05, 0) is 13.8 Å². The summed E-state index contributed by atoms with van der Waals surface area (Å²) in [5.41, 5.74) is -1.17. The van der Waals surface area contributed by atoms with Crippen LogP contribution in [0.25, 0.3) is 0 Å². The largest absolute Gasteiger partial charge is 0.468 e. The van der Waals surface area contributed by atoms with Crippen LogP contribution < -0.4 is 5.32 Å². The molecule has 1 fully saturated rings. The maximum atomic E-state index is 11.8. The number of hydrogen-bond donors (Lipinski definition) is 1. The lowest BCUT2D eigenvalue weighted by Gasteiger charge is -2.26. The Kier molecular flexibility index (Phi) is 3.75. The Morgan fingerprint density at radius 2 is 2.06 bits per heavy atom. The smallest absolute Gasteiger partial charge is 0.331 e. The van der Waals surface area contributed by atoms with E-state index in [0.717, 1.165) is 0 Å². The topological polar surface area (TPSA) is 81.7 Å². The van der Waals surface area contributed by atoms with Crippen LogP contribution in [-0.2, 0) is 23.9 Å². The molecule has 0 aromatic carbocycles. The third kappa shape index (κ3) is 2.11. The summed E-state index contributed by atoms with van der Waals surface area (Å²) in [6.45, 7) is 5.10. The minimum absolute atomic E-state index is 0.222. The lowest BCUT2D eigenvalue weighted by molar-refractivity contribution is -0.153. The van der Waals surface area contributed by atoms with E-state index >= 15 is 0 Å². The molecule has 0 aromatic rings. The number of nitrogens with one attached hydrogen (secondary N) is 1. The molecule has 0 aromatic heterocycles. The van der Waals surface area contributed by atoms with Crippen LogP contribution in [0.2, 0.25) is 0 Å². The molecule has 96 valence electrons. The van der Waals surface area contributed by atoms with Crippen molar-refractivity contribution in [2.45, 2.75) is 26.3 Å². The Hall–Kier alpha value is -1.59. The first-order valence-corrected chi connectivity index (χ1v) is 5.45. The number of hydrogen-bond acceptors (Lipinski definition) is 5. The molecular formula is C11H17NO5. The van der Waals surface area contributed by atoms with Crippen molar-refractivity contribution in [1.29, 1.82) is 0 Å². The van der Waals surface area contributed by atoms with E-state index in [2.05, 4.69) is 10.1 Å². The Labute approximate surface area is 99.6 Å². The highest BCUT2D eigenvalue weighted by Gasteiger charge is 2.56. The highest BCUT2D eigenvalue weighted by molar-refractivity contribution is 6.04. The molecule has 1 amide bonds. The molecule has 0 radical (unpaired) electrons. The fraction of sp³-hybridized carbons (Fsp3) is 0.727. The number of methoxy groups -OCH3 is 1. The van der Waals surface area contributed by atoms with E-state index < -0.39 is 35.2 Å². The van der Waals surface area contributed by atoms with Gasteiger partial charge in [-0.15, -0.1) is 0 Å². The maximum Gasteiger partial charge on any atom is 0.331 e. The fourth-order valence-corrected chi connectivity index (χ4v) is 1.96. The maximum absolute atomic E-state index is 11.8. The minimum Gasteiger partial charge on any atom is -0.468 e. The van der Waals surface area contributed by atoms with Crippen molar-refractivity contribution < 1.29 is 23.9 Å². The van der Waals surface area contributed by atoms with Crippen molar-refractivity contribution in [3.8, 4) is 0 Å². The first-order chi connectivity index (χ1) is 7.88. The Morgan fingerprint density at radius 1 is 1.47 bits per heavy atom. The zero-order chi connectivity index (χ0) is 13.2. The number of carbonyl (C=O) groups excluding carboxylic acids is 3. The van der Waals surface area contributed by atoms with Crippen molar-refractivity contribution in [1.82, 2.24) is 5.32 Å². The molecule has 3 atom stereocenters. The molecule has 0 bridgehead atoms. The Balaban J connectivity index is 2.96. The zero-order valence-corrected chi connectivity index (χ0v) is 10.4. The highest BCUT2D eigenvalue weighted by Crippen LogP contribution is 2.33. The molecule has 1 N–H and O–H groups in total. The van der Waals surface area contributed by atoms with Crippen molar-refractivity contribution >= 4 is 17.8 Å². The van der Waals surface area contributed by atoms with Gasteiger partial charge in [-0.2, -0.15) is 0 Å². The molecule has 0 spiro atoms. The van der Waals surface area contributed by atoms with Gasteiger partial charge in [-0.25, -0.2) is 4.79 Å². The predicted octanol–water partition coefficient (Wildman–Crippen LogP) is -0.137. The summed E-state index contributed by atoms with van der Waals surface area (Å²) >= 11 is 0. The molecule has 0 unspecified atom stereocenters. The average molecular weight is 243 g/mol. The van der Waals surface area contributed by atoms with Gasteiger partial charge in [0.05, 0.1) is 13.7 Å². The van der Waals surface area contributed by atoms with E-state index in [-0.39, 0.29) is 6.61 Å². The van der Waals surface area contributed by atoms with Crippen LogP contribution in [-0.4, -0.2) is 37.1 Å². The van der Waals surface area contributed by atoms with Gasteiger partial charge in [0.15, 0.2) is 0 Å². The molecule has 1 aliphatic rings. The second-order valence-corrected chi connectivity index (χ2v) is 4.20. The normalized spacial score (nSPS) is 31.9. The van der Waals surface area contributed by atoms with Gasteiger partial charge in [0.1, 0.15) is 11.5 Å². The van der Waals surface area contributed by atoms with Gasteiger partial charge in [0, 0.05) is 5.92 Å². The molecule has 1 heterocycles. The van der Waals surface area contributed by atoms with Gasteiger partial charge >= 0.3 is 11.9 Å². The van der Waals surface area contributed by atoms with Crippen LogP contribution in [0, 0.1) is 11.8 Å². The molecule has 1 rings (SSSR count). The standard InChI is InChI=1S/C11H17NO5/c1-5-17-10(15)11(3)6(2)7(8(13)12-11)9(14)16-4/h6-7H,5H2,1-4H3,(H,12,13)/t6-,7+,11-/m0/s1. The van der Waals surface area contributed by atoms with Gasteiger partial charge in [-0.1, -0.05) is 6.92 Å². The zero-order valence-electron chi connectivity index (χ0n) is 10.4. The first-order valence-electron chi connectivity index (χ1n) is 5.45. The van der Waals surface area contributed by atoms with Crippen molar-refractivity contribution in [2.75, 3.05) is 13.7 Å². The Bertz CT molecular complexity index is 354. The van der Waals surface area contributed by atoms with Gasteiger partial charge in [0.25, 0.3) is 0 Å². The molecule has 1 aliphatic heterocycles. The van der Waals surface area contributed by atoms with Gasteiger partial charge in [0.2, 0.25) is 5.91 Å². The van der Waals surface area contributed by atoms with Crippen molar-refractivity contribution in [3.05, 3.63) is 0 Å². The summed E-state index contributed by atoms with van der Waals surface area (Å²) in [4.78, 5) is 34.9. The lowest BCUT2D eigenvalue weighted by Crippen LogP contribution is -2.50. The van der Waals surface area contributed by atoms with E-state index in [9.17, 15) is 14.4 Å². The monoisotopic (exact) mass is 243 g/mol. The third-order valence-electron chi connectivity index (χ3n) is 3.23. The summed E-state index contributed by atoms with van der Waals surface area (Å²) in [5.74, 6) is -3.15. The fourth-order valence-electron chi connectivity index (χ4n) is 1.96. The van der Waals surface area contributed by atoms with E-state index in [1.165, 1.54) is 7.11 Å². The molecule has 0 saturated carbocycles. The van der Waals surface area contributed by atoms with Gasteiger partial charge in [-0.3, -0.25) is 9.59 Å². The van der Waals surface area contributed by atoms with E-state index in [1.54, 1.807) is 20.8 Å². The highest BCUT2D eigenvalue weighted by atomic mass is 16.5. The van der Waals surface area contributed by atoms with Crippen LogP contribution in [0.15, 0.2) is 0 Å². The van der Waals surface area contributed by atoms with E-state index in [0.29, 0.717) is 0 Å². The van der Waals surface area contributed by atoms with Crippen molar-refractivity contribution in [2.24, 2.45) is 11.8 Å². The second-order valence-electron chi connectivity index (χ2n) is 4.20. The molecule has 0 aliphatic carbocycles. The van der Waals surface area contributed by atoms with Crippen molar-refractivity contribution in [3.63, 3.8) is 0 Å². The number of esters is 2. The summed E-state index contributed by atoms with van der Waals surface area (Å²) in [6, 6.07) is 0. The number of amides is 1. The third-order valence-corrected chi connectivity index (χ3v) is 3.23. The molecule has 1 saturated heterocycles. The summed E-state index contributed by atoms with van der Waals surface area (Å²) < 4.78 is 9.46. The Morgan fingerprint density at radius 3 is 2.53 bits per heavy atom. The molecule has 6 nitrogen and oxygen atoms in total. The van der Waals surface area contributed by atoms with E-state index in [1.807, 2.05) is 0 Å². The van der Waals surface area contributed by atoms with Gasteiger partial charge < -0.3 is 14.8 Å². The lowest BCUT2D eigenvalue weighted by atomic mass is 9.82. The van der Waals surface area contributed by atoms with Crippen LogP contribution >= 0.6 is 0 Å².